The summed E-state index contributed by atoms with van der Waals surface area (Å²) in [7, 11) is 1.35. The first kappa shape index (κ1) is 41.0. The largest absolute Gasteiger partial charge is 0.467 e. The quantitative estimate of drug-likeness (QED) is 0.189. The lowest BCUT2D eigenvalue weighted by Crippen LogP contribution is -2.57. The van der Waals surface area contributed by atoms with Gasteiger partial charge < -0.3 is 25.2 Å². The number of nitrogens with zero attached hydrogens (tertiary/aromatic N) is 2. The number of carbonyl (C=O) groups is 5. The first-order valence-electron chi connectivity index (χ1n) is 20.3. The van der Waals surface area contributed by atoms with Crippen molar-refractivity contribution >= 4 is 41.4 Å². The van der Waals surface area contributed by atoms with Crippen molar-refractivity contribution in [2.45, 2.75) is 101 Å². The average molecular weight is 781 g/mol. The molecule has 56 heavy (non-hydrogen) atoms. The van der Waals surface area contributed by atoms with Gasteiger partial charge in [-0.3, -0.25) is 19.2 Å². The molecule has 3 aromatic carbocycles. The van der Waals surface area contributed by atoms with E-state index in [1.165, 1.54) is 7.11 Å². The maximum atomic E-state index is 15.0. The number of carbonyl (C=O) groups excluding carboxylic acids is 5. The van der Waals surface area contributed by atoms with Crippen molar-refractivity contribution < 1.29 is 28.7 Å². The number of ether oxygens (including phenoxy) is 1. The van der Waals surface area contributed by atoms with Gasteiger partial charge in [-0.1, -0.05) is 91.0 Å². The molecule has 3 aliphatic heterocycles. The van der Waals surface area contributed by atoms with Crippen LogP contribution in [-0.4, -0.2) is 88.8 Å². The number of rotatable bonds is 15. The molecule has 0 aromatic heterocycles. The topological polar surface area (TPSA) is 125 Å². The van der Waals surface area contributed by atoms with Crippen molar-refractivity contribution in [2.75, 3.05) is 26.0 Å². The number of piperidine rings is 1. The smallest absolute Gasteiger partial charge is 0.328 e. The maximum absolute atomic E-state index is 15.0. The number of hydrogen-bond donors (Lipinski definition) is 2. The van der Waals surface area contributed by atoms with E-state index in [1.807, 2.05) is 95.9 Å². The number of fused-ring (bicyclic) bond motifs is 1. The molecule has 3 unspecified atom stereocenters. The van der Waals surface area contributed by atoms with Crippen LogP contribution in [0.15, 0.2) is 91.0 Å². The molecular formula is C45H56N4O6S. The second-order valence-corrected chi connectivity index (χ2v) is 16.6. The van der Waals surface area contributed by atoms with Crippen LogP contribution in [0.3, 0.4) is 0 Å². The molecule has 0 saturated carbocycles. The Hall–Kier alpha value is -4.64. The first-order valence-corrected chi connectivity index (χ1v) is 21.4. The van der Waals surface area contributed by atoms with E-state index in [1.54, 1.807) is 16.7 Å². The van der Waals surface area contributed by atoms with Gasteiger partial charge in [0.15, 0.2) is 0 Å². The molecule has 298 valence electrons. The van der Waals surface area contributed by atoms with E-state index in [2.05, 4.69) is 10.6 Å². The second-order valence-electron chi connectivity index (χ2n) is 15.3. The number of nitrogens with one attached hydrogen (secondary N) is 2. The molecule has 0 spiro atoms. The lowest BCUT2D eigenvalue weighted by atomic mass is 9.86. The lowest BCUT2D eigenvalue weighted by Gasteiger charge is -2.40. The summed E-state index contributed by atoms with van der Waals surface area (Å²) in [5.74, 6) is -1.43. The normalized spacial score (nSPS) is 22.3. The Kier molecular flexibility index (Phi) is 15.0. The zero-order valence-electron chi connectivity index (χ0n) is 32.5. The minimum Gasteiger partial charge on any atom is -0.467 e. The van der Waals surface area contributed by atoms with Crippen LogP contribution in [0, 0.1) is 11.8 Å². The summed E-state index contributed by atoms with van der Waals surface area (Å²) in [4.78, 5) is 73.3. The van der Waals surface area contributed by atoms with Gasteiger partial charge >= 0.3 is 5.97 Å². The van der Waals surface area contributed by atoms with E-state index in [0.717, 1.165) is 42.4 Å². The lowest BCUT2D eigenvalue weighted by molar-refractivity contribution is -0.156. The Morgan fingerprint density at radius 2 is 1.43 bits per heavy atom. The molecule has 0 radical (unpaired) electrons. The molecule has 11 heteroatoms. The number of esters is 1. The minimum atomic E-state index is -0.771. The molecule has 6 atom stereocenters. The highest BCUT2D eigenvalue weighted by Gasteiger charge is 2.44. The zero-order valence-corrected chi connectivity index (χ0v) is 33.3. The van der Waals surface area contributed by atoms with E-state index >= 15 is 0 Å². The van der Waals surface area contributed by atoms with Crippen LogP contribution in [0.4, 0.5) is 0 Å². The monoisotopic (exact) mass is 780 g/mol. The van der Waals surface area contributed by atoms with Crippen molar-refractivity contribution in [1.29, 1.82) is 0 Å². The standard InChI is InChI=1S/C45H56N4O6S/c1-55-45(54)39-21-13-22-40-49(39)44(53)37(26-29-56-40)47-41(50)35(30-33-16-7-3-8-17-33)23-24-36(31-34-18-9-4-10-19-34)43(52)48(28-25-32-14-5-2-6-15-32)38-20-11-12-27-46-42(38)51/h2-10,14-19,35-40H,11-13,20-31H2,1H3,(H,46,51)(H,47,50)/t35-,36-,37?,38+,39?,40?/m1/s1. The van der Waals surface area contributed by atoms with E-state index in [-0.39, 0.29) is 29.0 Å². The molecule has 3 saturated heterocycles. The summed E-state index contributed by atoms with van der Waals surface area (Å²) in [5.41, 5.74) is 3.10. The third-order valence-electron chi connectivity index (χ3n) is 11.5. The van der Waals surface area contributed by atoms with E-state index in [9.17, 15) is 24.0 Å². The van der Waals surface area contributed by atoms with Crippen molar-refractivity contribution in [3.63, 3.8) is 0 Å². The van der Waals surface area contributed by atoms with Crippen molar-refractivity contribution in [3.8, 4) is 0 Å². The molecule has 6 rings (SSSR count). The number of thioether (sulfide) groups is 1. The summed E-state index contributed by atoms with van der Waals surface area (Å²) in [6, 6.07) is 27.8. The van der Waals surface area contributed by atoms with Crippen molar-refractivity contribution in [1.82, 2.24) is 20.4 Å². The minimum absolute atomic E-state index is 0.0772. The van der Waals surface area contributed by atoms with Crippen molar-refractivity contribution in [2.24, 2.45) is 11.8 Å². The van der Waals surface area contributed by atoms with Crippen LogP contribution < -0.4 is 10.6 Å². The summed E-state index contributed by atoms with van der Waals surface area (Å²) in [5, 5.41) is 6.03. The van der Waals surface area contributed by atoms with Crippen LogP contribution in [0.2, 0.25) is 0 Å². The number of hydrogen-bond acceptors (Lipinski definition) is 7. The second kappa shape index (κ2) is 20.5. The molecule has 4 amide bonds. The Morgan fingerprint density at radius 1 is 0.804 bits per heavy atom. The van der Waals surface area contributed by atoms with Crippen molar-refractivity contribution in [3.05, 3.63) is 108 Å². The van der Waals surface area contributed by atoms with Gasteiger partial charge in [0.25, 0.3) is 0 Å². The molecule has 2 N–H and O–H groups in total. The SMILES string of the molecule is COC(=O)C1CCCC2SCCC(NC(=O)[C@H](CC[C@H](Cc3ccccc3)C(=O)N(CCc3ccccc3)[C@H]3CCCCNC3=O)Cc3ccccc3)C(=O)N21. The number of benzene rings is 3. The Labute approximate surface area is 335 Å². The number of amides is 4. The summed E-state index contributed by atoms with van der Waals surface area (Å²) < 4.78 is 5.09. The first-order chi connectivity index (χ1) is 27.3. The van der Waals surface area contributed by atoms with Gasteiger partial charge in [0, 0.05) is 24.9 Å². The van der Waals surface area contributed by atoms with E-state index in [0.29, 0.717) is 70.2 Å². The predicted octanol–water partition coefficient (Wildman–Crippen LogP) is 5.73. The van der Waals surface area contributed by atoms with Gasteiger partial charge in [0.1, 0.15) is 18.1 Å². The predicted molar refractivity (Wildman–Crippen MR) is 218 cm³/mol. The maximum Gasteiger partial charge on any atom is 0.328 e. The summed E-state index contributed by atoms with van der Waals surface area (Å²) in [6.07, 6.45) is 7.29. The Bertz CT molecular complexity index is 1760. The number of methoxy groups -OCH3 is 1. The molecule has 3 aromatic rings. The van der Waals surface area contributed by atoms with Crippen LogP contribution in [-0.2, 0) is 48.0 Å². The molecule has 0 bridgehead atoms. The highest BCUT2D eigenvalue weighted by Crippen LogP contribution is 2.35. The zero-order chi connectivity index (χ0) is 39.3. The fourth-order valence-electron chi connectivity index (χ4n) is 8.45. The highest BCUT2D eigenvalue weighted by molar-refractivity contribution is 7.99. The average Bonchev–Trinajstić information content (AvgIpc) is 3.54. The molecule has 3 heterocycles. The molecule has 3 fully saturated rings. The summed E-state index contributed by atoms with van der Waals surface area (Å²) >= 11 is 1.66. The van der Waals surface area contributed by atoms with Gasteiger partial charge in [-0.15, -0.1) is 11.8 Å². The van der Waals surface area contributed by atoms with Gasteiger partial charge in [-0.2, -0.15) is 0 Å². The summed E-state index contributed by atoms with van der Waals surface area (Å²) in [6.45, 7) is 1.01. The van der Waals surface area contributed by atoms with Crippen LogP contribution in [0.5, 0.6) is 0 Å². The van der Waals surface area contributed by atoms with Crippen LogP contribution in [0.25, 0.3) is 0 Å². The third-order valence-corrected chi connectivity index (χ3v) is 12.8. The Balaban J connectivity index is 1.25. The van der Waals surface area contributed by atoms with Crippen LogP contribution >= 0.6 is 11.8 Å². The molecule has 10 nitrogen and oxygen atoms in total. The van der Waals surface area contributed by atoms with Gasteiger partial charge in [-0.25, -0.2) is 4.79 Å². The molecule has 0 aliphatic carbocycles. The molecule has 3 aliphatic rings. The van der Waals surface area contributed by atoms with Gasteiger partial charge in [0.05, 0.1) is 12.5 Å². The van der Waals surface area contributed by atoms with Gasteiger partial charge in [-0.05, 0) is 99.5 Å². The Morgan fingerprint density at radius 3 is 2.09 bits per heavy atom. The third kappa shape index (κ3) is 10.8. The van der Waals surface area contributed by atoms with Crippen LogP contribution in [0.1, 0.15) is 74.5 Å². The molecular weight excluding hydrogens is 725 g/mol. The highest BCUT2D eigenvalue weighted by atomic mass is 32.2. The van der Waals surface area contributed by atoms with Gasteiger partial charge in [0.2, 0.25) is 23.6 Å². The fraction of sp³-hybridized carbons (Fsp3) is 0.489. The van der Waals surface area contributed by atoms with E-state index < -0.39 is 35.9 Å². The van der Waals surface area contributed by atoms with E-state index in [4.69, 9.17) is 4.74 Å². The fourth-order valence-corrected chi connectivity index (χ4v) is 9.84.